The molecule has 3 aromatic carbocycles. The molecule has 0 saturated heterocycles. The van der Waals surface area contributed by atoms with Gasteiger partial charge in [-0.1, -0.05) is 72.8 Å². The zero-order valence-electron chi connectivity index (χ0n) is 15.2. The van der Waals surface area contributed by atoms with Gasteiger partial charge in [0.1, 0.15) is 5.82 Å². The first kappa shape index (κ1) is 20.8. The van der Waals surface area contributed by atoms with Gasteiger partial charge in [0.05, 0.1) is 11.6 Å². The molecule has 150 valence electrons. The summed E-state index contributed by atoms with van der Waals surface area (Å²) < 4.78 is 52.8. The van der Waals surface area contributed by atoms with Crippen molar-refractivity contribution in [2.24, 2.45) is 0 Å². The van der Waals surface area contributed by atoms with E-state index < -0.39 is 17.6 Å². The van der Waals surface area contributed by atoms with E-state index in [1.165, 1.54) is 12.1 Å². The van der Waals surface area contributed by atoms with Crippen LogP contribution in [-0.4, -0.2) is 5.11 Å². The van der Waals surface area contributed by atoms with Crippen molar-refractivity contribution in [2.45, 2.75) is 18.8 Å². The van der Waals surface area contributed by atoms with E-state index in [9.17, 15) is 17.6 Å². The predicted octanol–water partition coefficient (Wildman–Crippen LogP) is 5.60. The standard InChI is InChI=1S/C22H18F4N2S/c23-19-17(12-7-13-18(19)22(24,25)26)14-27-21(29)28-20(15-8-3-1-4-9-15)16-10-5-2-6-11-16/h1-13,20H,14H2,(H2,27,28,29). The minimum atomic E-state index is -4.75. The molecule has 29 heavy (non-hydrogen) atoms. The van der Waals surface area contributed by atoms with E-state index in [0.717, 1.165) is 17.2 Å². The van der Waals surface area contributed by atoms with Gasteiger partial charge >= 0.3 is 6.18 Å². The Hall–Kier alpha value is -2.93. The first-order valence-corrected chi connectivity index (χ1v) is 9.26. The molecular weight excluding hydrogens is 400 g/mol. The minimum Gasteiger partial charge on any atom is -0.359 e. The smallest absolute Gasteiger partial charge is 0.359 e. The van der Waals surface area contributed by atoms with Gasteiger partial charge in [0.2, 0.25) is 0 Å². The summed E-state index contributed by atoms with van der Waals surface area (Å²) in [6.45, 7) is -0.169. The number of thiocarbonyl (C=S) groups is 1. The molecule has 0 saturated carbocycles. The molecule has 0 unspecified atom stereocenters. The third-order valence-electron chi connectivity index (χ3n) is 4.36. The van der Waals surface area contributed by atoms with E-state index in [0.29, 0.717) is 0 Å². The second-order valence-electron chi connectivity index (χ2n) is 6.36. The average molecular weight is 418 g/mol. The lowest BCUT2D eigenvalue weighted by Gasteiger charge is -2.22. The van der Waals surface area contributed by atoms with Crippen LogP contribution in [0.1, 0.15) is 28.3 Å². The summed E-state index contributed by atoms with van der Waals surface area (Å²) in [5.74, 6) is -1.29. The number of nitrogens with one attached hydrogen (secondary N) is 2. The number of hydrogen-bond donors (Lipinski definition) is 2. The molecule has 0 bridgehead atoms. The maximum absolute atomic E-state index is 14.2. The van der Waals surface area contributed by atoms with Gasteiger partial charge < -0.3 is 10.6 Å². The molecule has 3 rings (SSSR count). The van der Waals surface area contributed by atoms with Crippen LogP contribution >= 0.6 is 12.2 Å². The van der Waals surface area contributed by atoms with Gasteiger partial charge in [-0.3, -0.25) is 0 Å². The zero-order valence-corrected chi connectivity index (χ0v) is 16.0. The first-order valence-electron chi connectivity index (χ1n) is 8.85. The Morgan fingerprint density at radius 1 is 0.828 bits per heavy atom. The summed E-state index contributed by atoms with van der Waals surface area (Å²) >= 11 is 5.31. The van der Waals surface area contributed by atoms with Gasteiger partial charge in [0, 0.05) is 12.1 Å². The fourth-order valence-electron chi connectivity index (χ4n) is 2.94. The molecule has 0 fully saturated rings. The fraction of sp³-hybridized carbons (Fsp3) is 0.136. The van der Waals surface area contributed by atoms with Crippen molar-refractivity contribution in [3.05, 3.63) is 107 Å². The van der Waals surface area contributed by atoms with E-state index >= 15 is 0 Å². The molecule has 7 heteroatoms. The Labute approximate surface area is 171 Å². The van der Waals surface area contributed by atoms with Crippen LogP contribution in [0.4, 0.5) is 17.6 Å². The highest BCUT2D eigenvalue weighted by Crippen LogP contribution is 2.32. The molecule has 0 aliphatic rings. The zero-order chi connectivity index (χ0) is 20.9. The molecule has 0 atom stereocenters. The van der Waals surface area contributed by atoms with Crippen LogP contribution in [0, 0.1) is 5.82 Å². The van der Waals surface area contributed by atoms with E-state index in [1.807, 2.05) is 60.7 Å². The van der Waals surface area contributed by atoms with E-state index in [4.69, 9.17) is 12.2 Å². The van der Waals surface area contributed by atoms with Crippen molar-refractivity contribution in [3.8, 4) is 0 Å². The van der Waals surface area contributed by atoms with Crippen LogP contribution in [0.3, 0.4) is 0 Å². The number of halogens is 4. The molecule has 2 N–H and O–H groups in total. The molecule has 0 aliphatic heterocycles. The van der Waals surface area contributed by atoms with Crippen molar-refractivity contribution in [3.63, 3.8) is 0 Å². The number of rotatable bonds is 5. The monoisotopic (exact) mass is 418 g/mol. The fourth-order valence-corrected chi connectivity index (χ4v) is 3.13. The highest BCUT2D eigenvalue weighted by molar-refractivity contribution is 7.80. The van der Waals surface area contributed by atoms with E-state index in [2.05, 4.69) is 10.6 Å². The topological polar surface area (TPSA) is 24.1 Å². The van der Waals surface area contributed by atoms with Gasteiger partial charge in [0.15, 0.2) is 5.11 Å². The van der Waals surface area contributed by atoms with Gasteiger partial charge in [-0.25, -0.2) is 4.39 Å². The lowest BCUT2D eigenvalue weighted by Crippen LogP contribution is -2.38. The first-order chi connectivity index (χ1) is 13.9. The Kier molecular flexibility index (Phi) is 6.49. The Morgan fingerprint density at radius 3 is 1.90 bits per heavy atom. The second-order valence-corrected chi connectivity index (χ2v) is 6.77. The van der Waals surface area contributed by atoms with E-state index in [1.54, 1.807) is 0 Å². The highest BCUT2D eigenvalue weighted by atomic mass is 32.1. The summed E-state index contributed by atoms with van der Waals surface area (Å²) in [6.07, 6.45) is -4.75. The summed E-state index contributed by atoms with van der Waals surface area (Å²) in [7, 11) is 0. The van der Waals surface area contributed by atoms with Gasteiger partial charge in [-0.05, 0) is 29.4 Å². The molecule has 0 heterocycles. The summed E-state index contributed by atoms with van der Waals surface area (Å²) in [5, 5.41) is 6.17. The maximum atomic E-state index is 14.2. The molecule has 0 spiro atoms. The van der Waals surface area contributed by atoms with Crippen molar-refractivity contribution in [1.82, 2.24) is 10.6 Å². The van der Waals surface area contributed by atoms with E-state index in [-0.39, 0.29) is 23.3 Å². The molecule has 3 aromatic rings. The third kappa shape index (κ3) is 5.32. The van der Waals surface area contributed by atoms with Crippen LogP contribution in [-0.2, 0) is 12.7 Å². The largest absolute Gasteiger partial charge is 0.419 e. The van der Waals surface area contributed by atoms with Crippen LogP contribution in [0.25, 0.3) is 0 Å². The molecule has 0 radical (unpaired) electrons. The SMILES string of the molecule is Fc1c(CNC(=S)NC(c2ccccc2)c2ccccc2)cccc1C(F)(F)F. The van der Waals surface area contributed by atoms with Gasteiger partial charge in [0.25, 0.3) is 0 Å². The molecular formula is C22H18F4N2S. The average Bonchev–Trinajstić information content (AvgIpc) is 2.71. The Balaban J connectivity index is 1.74. The number of alkyl halides is 3. The van der Waals surface area contributed by atoms with Gasteiger partial charge in [-0.2, -0.15) is 13.2 Å². The highest BCUT2D eigenvalue weighted by Gasteiger charge is 2.34. The van der Waals surface area contributed by atoms with Crippen LogP contribution in [0.5, 0.6) is 0 Å². The lowest BCUT2D eigenvalue weighted by molar-refractivity contribution is -0.140. The molecule has 0 aromatic heterocycles. The minimum absolute atomic E-state index is 0.111. The van der Waals surface area contributed by atoms with Crippen molar-refractivity contribution in [1.29, 1.82) is 0 Å². The maximum Gasteiger partial charge on any atom is 0.419 e. The van der Waals surface area contributed by atoms with Crippen molar-refractivity contribution < 1.29 is 17.6 Å². The quantitative estimate of drug-likeness (QED) is 0.417. The number of hydrogen-bond acceptors (Lipinski definition) is 1. The third-order valence-corrected chi connectivity index (χ3v) is 4.63. The second kappa shape index (κ2) is 9.05. The Bertz CT molecular complexity index is 920. The Morgan fingerprint density at radius 2 is 1.38 bits per heavy atom. The van der Waals surface area contributed by atoms with Crippen LogP contribution in [0.2, 0.25) is 0 Å². The molecule has 0 aliphatic carbocycles. The van der Waals surface area contributed by atoms with Crippen LogP contribution in [0.15, 0.2) is 78.9 Å². The molecule has 0 amide bonds. The normalized spacial score (nSPS) is 11.3. The van der Waals surface area contributed by atoms with Gasteiger partial charge in [-0.15, -0.1) is 0 Å². The summed E-state index contributed by atoms with van der Waals surface area (Å²) in [6, 6.07) is 22.1. The predicted molar refractivity (Wildman–Crippen MR) is 109 cm³/mol. The molecule has 2 nitrogen and oxygen atoms in total. The summed E-state index contributed by atoms with van der Waals surface area (Å²) in [5.41, 5.74) is 0.531. The van der Waals surface area contributed by atoms with Crippen molar-refractivity contribution in [2.75, 3.05) is 0 Å². The van der Waals surface area contributed by atoms with Crippen molar-refractivity contribution >= 4 is 17.3 Å². The lowest BCUT2D eigenvalue weighted by atomic mass is 9.99. The number of benzene rings is 3. The van der Waals surface area contributed by atoms with Crippen LogP contribution < -0.4 is 10.6 Å². The summed E-state index contributed by atoms with van der Waals surface area (Å²) in [4.78, 5) is 0.